The van der Waals surface area contributed by atoms with Crippen LogP contribution >= 0.6 is 0 Å². The van der Waals surface area contributed by atoms with Gasteiger partial charge < -0.3 is 15.3 Å². The van der Waals surface area contributed by atoms with Gasteiger partial charge in [-0.2, -0.15) is 0 Å². The van der Waals surface area contributed by atoms with E-state index in [4.69, 9.17) is 5.11 Å². The van der Waals surface area contributed by atoms with Crippen molar-refractivity contribution < 1.29 is 19.5 Å². The Bertz CT molecular complexity index is 600. The van der Waals surface area contributed by atoms with Crippen molar-refractivity contribution >= 4 is 23.5 Å². The molecular weight excluding hydrogens is 296 g/mol. The number of carboxylic acids is 1. The molecule has 2 N–H and O–H groups in total. The maximum absolute atomic E-state index is 12.1. The Hall–Kier alpha value is -2.37. The molecule has 1 aliphatic heterocycles. The largest absolute Gasteiger partial charge is 0.481 e. The first kappa shape index (κ1) is 17.0. The normalized spacial score (nSPS) is 15.0. The second kappa shape index (κ2) is 7.76. The summed E-state index contributed by atoms with van der Waals surface area (Å²) in [5, 5.41) is 11.4. The molecule has 1 aliphatic rings. The van der Waals surface area contributed by atoms with Gasteiger partial charge in [-0.3, -0.25) is 14.4 Å². The van der Waals surface area contributed by atoms with E-state index in [1.807, 2.05) is 24.3 Å². The lowest BCUT2D eigenvalue weighted by Crippen LogP contribution is -2.38. The SMILES string of the molecule is CC(CNC(=O)CCN1C(=O)CCc2ccccc21)CC(=O)O. The number of amides is 2. The van der Waals surface area contributed by atoms with Crippen LogP contribution in [0.1, 0.15) is 31.7 Å². The molecule has 0 radical (unpaired) electrons. The smallest absolute Gasteiger partial charge is 0.303 e. The van der Waals surface area contributed by atoms with Gasteiger partial charge in [0.05, 0.1) is 0 Å². The number of nitrogens with one attached hydrogen (secondary N) is 1. The minimum Gasteiger partial charge on any atom is -0.481 e. The van der Waals surface area contributed by atoms with Crippen LogP contribution in [0.15, 0.2) is 24.3 Å². The second-order valence-corrected chi connectivity index (χ2v) is 5.93. The number of hydrogen-bond acceptors (Lipinski definition) is 3. The van der Waals surface area contributed by atoms with Crippen molar-refractivity contribution in [2.75, 3.05) is 18.0 Å². The molecule has 23 heavy (non-hydrogen) atoms. The molecular formula is C17H22N2O4. The van der Waals surface area contributed by atoms with Gasteiger partial charge >= 0.3 is 5.97 Å². The summed E-state index contributed by atoms with van der Waals surface area (Å²) < 4.78 is 0. The van der Waals surface area contributed by atoms with Gasteiger partial charge in [-0.05, 0) is 24.0 Å². The van der Waals surface area contributed by atoms with Gasteiger partial charge in [0.2, 0.25) is 11.8 Å². The molecule has 0 spiro atoms. The number of aliphatic carboxylic acids is 1. The number of nitrogens with zero attached hydrogens (tertiary/aromatic N) is 1. The van der Waals surface area contributed by atoms with Crippen LogP contribution in [0, 0.1) is 5.92 Å². The molecule has 0 fully saturated rings. The summed E-state index contributed by atoms with van der Waals surface area (Å²) in [7, 11) is 0. The third kappa shape index (κ3) is 4.81. The van der Waals surface area contributed by atoms with Crippen LogP contribution in [0.3, 0.4) is 0 Å². The Kier molecular flexibility index (Phi) is 5.73. The van der Waals surface area contributed by atoms with E-state index in [9.17, 15) is 14.4 Å². The summed E-state index contributed by atoms with van der Waals surface area (Å²) in [4.78, 5) is 36.2. The highest BCUT2D eigenvalue weighted by atomic mass is 16.4. The molecule has 2 rings (SSSR count). The molecule has 1 aromatic rings. The van der Waals surface area contributed by atoms with E-state index in [-0.39, 0.29) is 30.6 Å². The summed E-state index contributed by atoms with van der Waals surface area (Å²) >= 11 is 0. The maximum atomic E-state index is 12.1. The van der Waals surface area contributed by atoms with Crippen LogP contribution in [0.2, 0.25) is 0 Å². The number of rotatable bonds is 7. The van der Waals surface area contributed by atoms with E-state index in [1.54, 1.807) is 11.8 Å². The van der Waals surface area contributed by atoms with Crippen LogP contribution in [0.25, 0.3) is 0 Å². The van der Waals surface area contributed by atoms with E-state index in [0.717, 1.165) is 17.7 Å². The molecule has 6 nitrogen and oxygen atoms in total. The number of anilines is 1. The fraction of sp³-hybridized carbons (Fsp3) is 0.471. The zero-order valence-electron chi connectivity index (χ0n) is 13.2. The predicted molar refractivity (Wildman–Crippen MR) is 86.2 cm³/mol. The van der Waals surface area contributed by atoms with E-state index in [2.05, 4.69) is 5.32 Å². The Morgan fingerprint density at radius 2 is 2.04 bits per heavy atom. The molecule has 1 atom stereocenters. The van der Waals surface area contributed by atoms with Crippen molar-refractivity contribution in [1.82, 2.24) is 5.32 Å². The molecule has 2 amide bonds. The van der Waals surface area contributed by atoms with Gasteiger partial charge in [-0.25, -0.2) is 0 Å². The summed E-state index contributed by atoms with van der Waals surface area (Å²) in [5.74, 6) is -1.12. The Morgan fingerprint density at radius 1 is 1.30 bits per heavy atom. The van der Waals surface area contributed by atoms with Crippen LogP contribution in [-0.4, -0.2) is 36.0 Å². The Labute approximate surface area is 135 Å². The number of benzene rings is 1. The van der Waals surface area contributed by atoms with Crippen molar-refractivity contribution in [3.8, 4) is 0 Å². The highest BCUT2D eigenvalue weighted by molar-refractivity contribution is 5.96. The molecule has 0 bridgehead atoms. The van der Waals surface area contributed by atoms with E-state index < -0.39 is 5.97 Å². The zero-order chi connectivity index (χ0) is 16.8. The zero-order valence-corrected chi connectivity index (χ0v) is 13.2. The lowest BCUT2D eigenvalue weighted by molar-refractivity contribution is -0.138. The number of para-hydroxylation sites is 1. The van der Waals surface area contributed by atoms with Gasteiger partial charge in [-0.1, -0.05) is 25.1 Å². The average Bonchev–Trinajstić information content (AvgIpc) is 2.51. The monoisotopic (exact) mass is 318 g/mol. The summed E-state index contributed by atoms with van der Waals surface area (Å²) in [6, 6.07) is 7.74. The molecule has 0 aliphatic carbocycles. The minimum absolute atomic E-state index is 0.0261. The highest BCUT2D eigenvalue weighted by Crippen LogP contribution is 2.27. The first-order valence-corrected chi connectivity index (χ1v) is 7.84. The van der Waals surface area contributed by atoms with E-state index in [0.29, 0.717) is 19.5 Å². The quantitative estimate of drug-likeness (QED) is 0.799. The van der Waals surface area contributed by atoms with Gasteiger partial charge in [0, 0.05) is 38.0 Å². The first-order chi connectivity index (χ1) is 11.0. The molecule has 0 saturated carbocycles. The van der Waals surface area contributed by atoms with Crippen LogP contribution in [0.5, 0.6) is 0 Å². The standard InChI is InChI=1S/C17H22N2O4/c1-12(10-17(22)23)11-18-15(20)8-9-19-14-5-3-2-4-13(14)6-7-16(19)21/h2-5,12H,6-11H2,1H3,(H,18,20)(H,22,23). The number of hydrogen-bond donors (Lipinski definition) is 2. The van der Waals surface area contributed by atoms with Crippen LogP contribution in [0.4, 0.5) is 5.69 Å². The third-order valence-corrected chi connectivity index (χ3v) is 3.92. The number of carbonyl (C=O) groups is 3. The van der Waals surface area contributed by atoms with Gasteiger partial charge in [0.1, 0.15) is 0 Å². The highest BCUT2D eigenvalue weighted by Gasteiger charge is 2.24. The molecule has 6 heteroatoms. The second-order valence-electron chi connectivity index (χ2n) is 5.93. The number of fused-ring (bicyclic) bond motifs is 1. The lowest BCUT2D eigenvalue weighted by atomic mass is 10.0. The Balaban J connectivity index is 1.84. The molecule has 124 valence electrons. The van der Waals surface area contributed by atoms with Gasteiger partial charge in [-0.15, -0.1) is 0 Å². The molecule has 1 unspecified atom stereocenters. The van der Waals surface area contributed by atoms with Gasteiger partial charge in [0.25, 0.3) is 0 Å². The average molecular weight is 318 g/mol. The Morgan fingerprint density at radius 3 is 2.78 bits per heavy atom. The maximum Gasteiger partial charge on any atom is 0.303 e. The molecule has 1 heterocycles. The predicted octanol–water partition coefficient (Wildman–Crippen LogP) is 1.58. The third-order valence-electron chi connectivity index (χ3n) is 3.92. The fourth-order valence-corrected chi connectivity index (χ4v) is 2.70. The van der Waals surface area contributed by atoms with Crippen LogP contribution in [-0.2, 0) is 20.8 Å². The van der Waals surface area contributed by atoms with Crippen molar-refractivity contribution in [2.24, 2.45) is 5.92 Å². The summed E-state index contributed by atoms with van der Waals surface area (Å²) in [6.07, 6.45) is 1.44. The van der Waals surface area contributed by atoms with Crippen molar-refractivity contribution in [1.29, 1.82) is 0 Å². The lowest BCUT2D eigenvalue weighted by Gasteiger charge is -2.29. The van der Waals surface area contributed by atoms with Crippen LogP contribution < -0.4 is 10.2 Å². The summed E-state index contributed by atoms with van der Waals surface area (Å²) in [6.45, 7) is 2.45. The van der Waals surface area contributed by atoms with Gasteiger partial charge in [0.15, 0.2) is 0 Å². The molecule has 1 aromatic carbocycles. The topological polar surface area (TPSA) is 86.7 Å². The number of aryl methyl sites for hydroxylation is 1. The number of carbonyl (C=O) groups excluding carboxylic acids is 2. The first-order valence-electron chi connectivity index (χ1n) is 7.84. The van der Waals surface area contributed by atoms with E-state index in [1.165, 1.54) is 0 Å². The number of carboxylic acid groups (broad SMARTS) is 1. The van der Waals surface area contributed by atoms with Crippen molar-refractivity contribution in [3.63, 3.8) is 0 Å². The minimum atomic E-state index is -0.873. The molecule has 0 aromatic heterocycles. The summed E-state index contributed by atoms with van der Waals surface area (Å²) in [5.41, 5.74) is 2.01. The van der Waals surface area contributed by atoms with Crippen molar-refractivity contribution in [3.05, 3.63) is 29.8 Å². The van der Waals surface area contributed by atoms with Crippen molar-refractivity contribution in [2.45, 2.75) is 32.6 Å². The fourth-order valence-electron chi connectivity index (χ4n) is 2.70. The van der Waals surface area contributed by atoms with E-state index >= 15 is 0 Å². The molecule has 0 saturated heterocycles.